The zero-order valence-electron chi connectivity index (χ0n) is 14.5. The maximum Gasteiger partial charge on any atom is 0.412 e. The van der Waals surface area contributed by atoms with Gasteiger partial charge in [-0.2, -0.15) is 0 Å². The molecule has 1 atom stereocenters. The van der Waals surface area contributed by atoms with E-state index in [4.69, 9.17) is 9.26 Å². The van der Waals surface area contributed by atoms with Gasteiger partial charge in [-0.15, -0.1) is 0 Å². The van der Waals surface area contributed by atoms with Gasteiger partial charge < -0.3 is 9.26 Å². The van der Waals surface area contributed by atoms with E-state index in [1.165, 1.54) is 19.3 Å². The first kappa shape index (κ1) is 18.0. The molecule has 6 heteroatoms. The van der Waals surface area contributed by atoms with E-state index >= 15 is 0 Å². The average molecular weight is 407 g/mol. The Labute approximate surface area is 156 Å². The molecule has 1 saturated carbocycles. The van der Waals surface area contributed by atoms with Crippen LogP contribution in [0.3, 0.4) is 0 Å². The maximum absolute atomic E-state index is 12.3. The molecule has 1 fully saturated rings. The highest BCUT2D eigenvalue weighted by molar-refractivity contribution is 9.10. The molecular formula is C19H23BrN2O3. The molecule has 25 heavy (non-hydrogen) atoms. The van der Waals surface area contributed by atoms with E-state index in [-0.39, 0.29) is 6.10 Å². The summed E-state index contributed by atoms with van der Waals surface area (Å²) in [5.41, 5.74) is 2.03. The number of nitrogens with zero attached hydrogens (tertiary/aromatic N) is 1. The summed E-state index contributed by atoms with van der Waals surface area (Å²) in [6.45, 7) is 3.78. The third-order valence-corrected chi connectivity index (χ3v) is 5.33. The molecule has 5 nitrogen and oxygen atoms in total. The van der Waals surface area contributed by atoms with Gasteiger partial charge in [0.15, 0.2) is 5.76 Å². The number of amides is 1. The van der Waals surface area contributed by atoms with Crippen molar-refractivity contribution >= 4 is 27.7 Å². The average Bonchev–Trinajstić information content (AvgIpc) is 2.97. The quantitative estimate of drug-likeness (QED) is 0.682. The second-order valence-electron chi connectivity index (χ2n) is 6.61. The Kier molecular flexibility index (Phi) is 5.78. The van der Waals surface area contributed by atoms with E-state index in [9.17, 15) is 4.79 Å². The third kappa shape index (κ3) is 4.42. The van der Waals surface area contributed by atoms with E-state index < -0.39 is 6.09 Å². The molecule has 0 bridgehead atoms. The fourth-order valence-electron chi connectivity index (χ4n) is 3.32. The molecule has 0 radical (unpaired) electrons. The smallest absolute Gasteiger partial charge is 0.412 e. The lowest BCUT2D eigenvalue weighted by atomic mass is 9.86. The van der Waals surface area contributed by atoms with Crippen LogP contribution in [0.2, 0.25) is 0 Å². The van der Waals surface area contributed by atoms with Crippen LogP contribution in [0.4, 0.5) is 10.5 Å². The lowest BCUT2D eigenvalue weighted by molar-refractivity contribution is 0.0691. The Morgan fingerprint density at radius 2 is 1.96 bits per heavy atom. The monoisotopic (exact) mass is 406 g/mol. The number of hydrogen-bond acceptors (Lipinski definition) is 4. The summed E-state index contributed by atoms with van der Waals surface area (Å²) in [5, 5.41) is 6.79. The van der Waals surface area contributed by atoms with Gasteiger partial charge >= 0.3 is 6.09 Å². The number of rotatable bonds is 4. The highest BCUT2D eigenvalue weighted by atomic mass is 79.9. The van der Waals surface area contributed by atoms with Crippen LogP contribution in [-0.2, 0) is 4.74 Å². The van der Waals surface area contributed by atoms with Crippen molar-refractivity contribution in [2.24, 2.45) is 5.92 Å². The molecule has 2 aromatic rings. The zero-order valence-corrected chi connectivity index (χ0v) is 16.1. The van der Waals surface area contributed by atoms with Crippen LogP contribution < -0.4 is 5.32 Å². The van der Waals surface area contributed by atoms with E-state index in [1.807, 2.05) is 31.2 Å². The molecule has 0 aliphatic heterocycles. The topological polar surface area (TPSA) is 64.4 Å². The Bertz CT molecular complexity index is 721. The molecule has 3 rings (SSSR count). The van der Waals surface area contributed by atoms with Crippen molar-refractivity contribution < 1.29 is 14.1 Å². The summed E-state index contributed by atoms with van der Waals surface area (Å²) in [7, 11) is 0. The predicted molar refractivity (Wildman–Crippen MR) is 101 cm³/mol. The SMILES string of the molecule is Cc1noc(-c2ccc(Br)cc2)c1NC(=O)OC(C)C1CCCCC1. The number of carbonyl (C=O) groups excluding carboxylic acids is 1. The Balaban J connectivity index is 1.69. The summed E-state index contributed by atoms with van der Waals surface area (Å²) in [5.74, 6) is 0.987. The van der Waals surface area contributed by atoms with E-state index in [1.54, 1.807) is 6.92 Å². The van der Waals surface area contributed by atoms with Crippen LogP contribution in [0.25, 0.3) is 11.3 Å². The Morgan fingerprint density at radius 1 is 1.28 bits per heavy atom. The fraction of sp³-hybridized carbons (Fsp3) is 0.474. The molecule has 0 spiro atoms. The first-order valence-electron chi connectivity index (χ1n) is 8.74. The first-order valence-corrected chi connectivity index (χ1v) is 9.53. The number of aromatic nitrogens is 1. The number of hydrogen-bond donors (Lipinski definition) is 1. The van der Waals surface area contributed by atoms with Gasteiger partial charge in [0.2, 0.25) is 0 Å². The molecule has 1 aromatic heterocycles. The van der Waals surface area contributed by atoms with E-state index in [0.29, 0.717) is 23.1 Å². The lowest BCUT2D eigenvalue weighted by Crippen LogP contribution is -2.28. The molecule has 1 aliphatic carbocycles. The van der Waals surface area contributed by atoms with Gasteiger partial charge in [-0.1, -0.05) is 40.3 Å². The highest BCUT2D eigenvalue weighted by Crippen LogP contribution is 2.32. The molecule has 0 saturated heterocycles. The van der Waals surface area contributed by atoms with Gasteiger partial charge in [0.05, 0.1) is 0 Å². The van der Waals surface area contributed by atoms with Crippen LogP contribution >= 0.6 is 15.9 Å². The van der Waals surface area contributed by atoms with Gasteiger partial charge in [0, 0.05) is 10.0 Å². The first-order chi connectivity index (χ1) is 12.0. The number of aryl methyl sites for hydroxylation is 1. The minimum Gasteiger partial charge on any atom is -0.446 e. The Morgan fingerprint density at radius 3 is 2.64 bits per heavy atom. The second kappa shape index (κ2) is 8.04. The van der Waals surface area contributed by atoms with Crippen molar-refractivity contribution in [2.45, 2.75) is 52.1 Å². The van der Waals surface area contributed by atoms with Gasteiger partial charge in [-0.3, -0.25) is 5.32 Å². The summed E-state index contributed by atoms with van der Waals surface area (Å²) in [6, 6.07) is 7.65. The normalized spacial score (nSPS) is 16.4. The summed E-state index contributed by atoms with van der Waals surface area (Å²) < 4.78 is 12.0. The Hall–Kier alpha value is -1.82. The number of anilines is 1. The van der Waals surface area contributed by atoms with Crippen molar-refractivity contribution in [3.8, 4) is 11.3 Å². The van der Waals surface area contributed by atoms with Crippen LogP contribution in [0.15, 0.2) is 33.3 Å². The van der Waals surface area contributed by atoms with Crippen LogP contribution in [0.5, 0.6) is 0 Å². The summed E-state index contributed by atoms with van der Waals surface area (Å²) >= 11 is 3.41. The van der Waals surface area contributed by atoms with Gasteiger partial charge in [0.25, 0.3) is 0 Å². The molecule has 1 amide bonds. The van der Waals surface area contributed by atoms with E-state index in [2.05, 4.69) is 26.4 Å². The zero-order chi connectivity index (χ0) is 17.8. The van der Waals surface area contributed by atoms with Crippen LogP contribution in [0, 0.1) is 12.8 Å². The predicted octanol–water partition coefficient (Wildman–Crippen LogP) is 5.93. The van der Waals surface area contributed by atoms with Crippen molar-refractivity contribution in [1.29, 1.82) is 0 Å². The minimum absolute atomic E-state index is 0.0865. The van der Waals surface area contributed by atoms with Crippen molar-refractivity contribution in [3.63, 3.8) is 0 Å². The molecule has 1 aromatic carbocycles. The van der Waals surface area contributed by atoms with Crippen molar-refractivity contribution in [3.05, 3.63) is 34.4 Å². The lowest BCUT2D eigenvalue weighted by Gasteiger charge is -2.27. The number of carbonyl (C=O) groups is 1. The van der Waals surface area contributed by atoms with Crippen LogP contribution in [0.1, 0.15) is 44.7 Å². The highest BCUT2D eigenvalue weighted by Gasteiger charge is 2.24. The number of halogens is 1. The van der Waals surface area contributed by atoms with Crippen molar-refractivity contribution in [1.82, 2.24) is 5.16 Å². The number of ether oxygens (including phenoxy) is 1. The summed E-state index contributed by atoms with van der Waals surface area (Å²) in [6.07, 6.45) is 5.44. The number of nitrogens with one attached hydrogen (secondary N) is 1. The molecule has 1 N–H and O–H groups in total. The second-order valence-corrected chi connectivity index (χ2v) is 7.53. The molecule has 1 unspecified atom stereocenters. The molecule has 1 aliphatic rings. The maximum atomic E-state index is 12.3. The molecule has 1 heterocycles. The van der Waals surface area contributed by atoms with Crippen LogP contribution in [-0.4, -0.2) is 17.4 Å². The largest absolute Gasteiger partial charge is 0.446 e. The fourth-order valence-corrected chi connectivity index (χ4v) is 3.58. The van der Waals surface area contributed by atoms with E-state index in [0.717, 1.165) is 22.9 Å². The molecular weight excluding hydrogens is 384 g/mol. The third-order valence-electron chi connectivity index (χ3n) is 4.80. The van der Waals surface area contributed by atoms with Gasteiger partial charge in [0.1, 0.15) is 17.5 Å². The van der Waals surface area contributed by atoms with Crippen molar-refractivity contribution in [2.75, 3.05) is 5.32 Å². The molecule has 134 valence electrons. The minimum atomic E-state index is -0.456. The standard InChI is InChI=1S/C19H23BrN2O3/c1-12-17(18(25-22-12)15-8-10-16(20)11-9-15)21-19(23)24-13(2)14-6-4-3-5-7-14/h8-11,13-14H,3-7H2,1-2H3,(H,21,23). The number of benzene rings is 1. The van der Waals surface area contributed by atoms with Gasteiger partial charge in [-0.25, -0.2) is 4.79 Å². The van der Waals surface area contributed by atoms with Gasteiger partial charge in [-0.05, 0) is 56.9 Å². The summed E-state index contributed by atoms with van der Waals surface area (Å²) in [4.78, 5) is 12.3.